The van der Waals surface area contributed by atoms with Gasteiger partial charge >= 0.3 is 0 Å². The molecule has 2 heterocycles. The first-order valence-electron chi connectivity index (χ1n) is 6.22. The molecule has 4 N–H and O–H groups in total. The van der Waals surface area contributed by atoms with Crippen LogP contribution in [0.15, 0.2) is 48.8 Å². The number of carbonyl (C=O) groups excluding carboxylic acids is 1. The zero-order valence-electron chi connectivity index (χ0n) is 10.9. The van der Waals surface area contributed by atoms with Crippen LogP contribution in [0.25, 0.3) is 11.1 Å². The van der Waals surface area contributed by atoms with Gasteiger partial charge in [0.2, 0.25) is 0 Å². The maximum absolute atomic E-state index is 11.9. The van der Waals surface area contributed by atoms with Crippen molar-refractivity contribution in [3.05, 3.63) is 54.5 Å². The summed E-state index contributed by atoms with van der Waals surface area (Å²) in [4.78, 5) is 15.9. The highest BCUT2D eigenvalue weighted by Gasteiger charge is 2.14. The number of anilines is 2. The highest BCUT2D eigenvalue weighted by molar-refractivity contribution is 6.05. The minimum absolute atomic E-state index is 0.0703. The van der Waals surface area contributed by atoms with Crippen molar-refractivity contribution in [2.75, 3.05) is 11.1 Å². The number of benzene rings is 1. The van der Waals surface area contributed by atoms with Crippen LogP contribution in [-0.4, -0.2) is 26.3 Å². The fourth-order valence-corrected chi connectivity index (χ4v) is 1.89. The Kier molecular flexibility index (Phi) is 3.30. The largest absolute Gasteiger partial charge is 0.380 e. The lowest BCUT2D eigenvalue weighted by atomic mass is 10.1. The zero-order chi connectivity index (χ0) is 14.7. The number of pyridine rings is 1. The minimum atomic E-state index is -0.405. The molecule has 7 nitrogen and oxygen atoms in total. The highest BCUT2D eigenvalue weighted by atomic mass is 16.2. The van der Waals surface area contributed by atoms with E-state index >= 15 is 0 Å². The molecule has 0 spiro atoms. The topological polar surface area (TPSA) is 110 Å². The Morgan fingerprint density at radius 2 is 1.67 bits per heavy atom. The van der Waals surface area contributed by atoms with Gasteiger partial charge in [-0.25, -0.2) is 0 Å². The molecule has 2 aromatic heterocycles. The molecule has 104 valence electrons. The summed E-state index contributed by atoms with van der Waals surface area (Å²) in [6.45, 7) is 0. The number of carbonyl (C=O) groups is 1. The molecular formula is C14H12N6O. The summed E-state index contributed by atoms with van der Waals surface area (Å²) >= 11 is 0. The van der Waals surface area contributed by atoms with Crippen LogP contribution in [0, 0.1) is 0 Å². The summed E-state index contributed by atoms with van der Waals surface area (Å²) in [6, 6.07) is 11.3. The fraction of sp³-hybridized carbons (Fsp3) is 0. The Balaban J connectivity index is 1.76. The Morgan fingerprint density at radius 3 is 2.29 bits per heavy atom. The van der Waals surface area contributed by atoms with Crippen molar-refractivity contribution >= 4 is 17.4 Å². The van der Waals surface area contributed by atoms with E-state index in [0.717, 1.165) is 11.1 Å². The summed E-state index contributed by atoms with van der Waals surface area (Å²) < 4.78 is 0. The third-order valence-corrected chi connectivity index (χ3v) is 2.95. The number of nitrogens with one attached hydrogen (secondary N) is 2. The van der Waals surface area contributed by atoms with Gasteiger partial charge in [-0.2, -0.15) is 5.21 Å². The summed E-state index contributed by atoms with van der Waals surface area (Å²) in [5, 5.41) is 12.3. The van der Waals surface area contributed by atoms with Crippen LogP contribution in [0.2, 0.25) is 0 Å². The van der Waals surface area contributed by atoms with E-state index in [1.165, 1.54) is 0 Å². The van der Waals surface area contributed by atoms with Crippen molar-refractivity contribution < 1.29 is 4.79 Å². The van der Waals surface area contributed by atoms with Crippen LogP contribution in [0.1, 0.15) is 10.5 Å². The fourth-order valence-electron chi connectivity index (χ4n) is 1.89. The minimum Gasteiger partial charge on any atom is -0.380 e. The molecule has 0 bridgehead atoms. The van der Waals surface area contributed by atoms with Crippen LogP contribution < -0.4 is 11.1 Å². The van der Waals surface area contributed by atoms with Gasteiger partial charge in [0, 0.05) is 18.1 Å². The number of nitrogens with zero attached hydrogens (tertiary/aromatic N) is 3. The maximum atomic E-state index is 11.9. The molecule has 3 rings (SSSR count). The molecule has 0 fully saturated rings. The van der Waals surface area contributed by atoms with Crippen LogP contribution in [0.4, 0.5) is 11.5 Å². The molecule has 1 aromatic carbocycles. The van der Waals surface area contributed by atoms with Crippen molar-refractivity contribution in [1.29, 1.82) is 0 Å². The number of aromatic amines is 1. The van der Waals surface area contributed by atoms with Crippen molar-refractivity contribution in [2.24, 2.45) is 0 Å². The first kappa shape index (κ1) is 12.8. The van der Waals surface area contributed by atoms with E-state index in [1.807, 2.05) is 36.4 Å². The molecule has 0 unspecified atom stereocenters. The molecule has 3 aromatic rings. The average molecular weight is 280 g/mol. The number of amides is 1. The second kappa shape index (κ2) is 5.41. The van der Waals surface area contributed by atoms with E-state index < -0.39 is 5.91 Å². The van der Waals surface area contributed by atoms with Crippen molar-refractivity contribution in [3.63, 3.8) is 0 Å². The Morgan fingerprint density at radius 1 is 1.00 bits per heavy atom. The lowest BCUT2D eigenvalue weighted by Gasteiger charge is -2.05. The summed E-state index contributed by atoms with van der Waals surface area (Å²) in [6.07, 6.45) is 3.47. The van der Waals surface area contributed by atoms with Gasteiger partial charge in [-0.1, -0.05) is 12.1 Å². The van der Waals surface area contributed by atoms with Gasteiger partial charge in [-0.05, 0) is 35.4 Å². The lowest BCUT2D eigenvalue weighted by Crippen LogP contribution is -2.14. The third kappa shape index (κ3) is 2.71. The number of aromatic nitrogens is 4. The van der Waals surface area contributed by atoms with Crippen molar-refractivity contribution in [2.45, 2.75) is 0 Å². The number of nitrogens with two attached hydrogens (primary N) is 1. The number of H-pyrrole nitrogens is 1. The standard InChI is InChI=1S/C14H12N6O/c15-13-12(18-20-19-13)14(21)17-11-3-1-9(2-4-11)10-5-7-16-8-6-10/h1-8H,(H,17,21)(H3,15,18,19,20). The molecule has 0 atom stereocenters. The quantitative estimate of drug-likeness (QED) is 0.676. The molecule has 7 heteroatoms. The lowest BCUT2D eigenvalue weighted by molar-refractivity contribution is 0.102. The van der Waals surface area contributed by atoms with Gasteiger partial charge in [-0.3, -0.25) is 9.78 Å². The Bertz CT molecular complexity index is 751. The molecule has 0 aliphatic heterocycles. The van der Waals surface area contributed by atoms with Crippen molar-refractivity contribution in [3.8, 4) is 11.1 Å². The monoisotopic (exact) mass is 280 g/mol. The SMILES string of the molecule is Nc1n[nH]nc1C(=O)Nc1ccc(-c2ccncc2)cc1. The van der Waals surface area contributed by atoms with Crippen LogP contribution in [-0.2, 0) is 0 Å². The molecule has 1 amide bonds. The van der Waals surface area contributed by atoms with E-state index in [0.29, 0.717) is 5.69 Å². The first-order valence-corrected chi connectivity index (χ1v) is 6.22. The third-order valence-electron chi connectivity index (χ3n) is 2.95. The van der Waals surface area contributed by atoms with E-state index in [4.69, 9.17) is 5.73 Å². The molecule has 21 heavy (non-hydrogen) atoms. The number of hydrogen-bond acceptors (Lipinski definition) is 5. The normalized spacial score (nSPS) is 10.3. The number of nitrogen functional groups attached to an aromatic ring is 1. The molecular weight excluding hydrogens is 268 g/mol. The molecule has 0 saturated heterocycles. The van der Waals surface area contributed by atoms with Crippen molar-refractivity contribution in [1.82, 2.24) is 20.4 Å². The maximum Gasteiger partial charge on any atom is 0.280 e. The van der Waals surface area contributed by atoms with Crippen LogP contribution in [0.5, 0.6) is 0 Å². The van der Waals surface area contributed by atoms with E-state index in [9.17, 15) is 4.79 Å². The van der Waals surface area contributed by atoms with E-state index in [-0.39, 0.29) is 11.5 Å². The average Bonchev–Trinajstić information content (AvgIpc) is 2.95. The van der Waals surface area contributed by atoms with Gasteiger partial charge in [0.25, 0.3) is 5.91 Å². The highest BCUT2D eigenvalue weighted by Crippen LogP contribution is 2.20. The smallest absolute Gasteiger partial charge is 0.280 e. The predicted molar refractivity (Wildman–Crippen MR) is 78.4 cm³/mol. The molecule has 0 saturated carbocycles. The van der Waals surface area contributed by atoms with Gasteiger partial charge < -0.3 is 11.1 Å². The molecule has 0 aliphatic rings. The molecule has 0 radical (unpaired) electrons. The number of rotatable bonds is 3. The van der Waals surface area contributed by atoms with Gasteiger partial charge in [0.15, 0.2) is 11.5 Å². The van der Waals surface area contributed by atoms with E-state index in [2.05, 4.69) is 25.7 Å². The van der Waals surface area contributed by atoms with Gasteiger partial charge in [0.05, 0.1) is 0 Å². The van der Waals surface area contributed by atoms with Crippen LogP contribution >= 0.6 is 0 Å². The first-order chi connectivity index (χ1) is 10.2. The van der Waals surface area contributed by atoms with Gasteiger partial charge in [-0.15, -0.1) is 10.2 Å². The zero-order valence-corrected chi connectivity index (χ0v) is 10.9. The second-order valence-electron chi connectivity index (χ2n) is 4.32. The summed E-state index contributed by atoms with van der Waals surface area (Å²) in [7, 11) is 0. The molecule has 0 aliphatic carbocycles. The summed E-state index contributed by atoms with van der Waals surface area (Å²) in [5.41, 5.74) is 8.35. The summed E-state index contributed by atoms with van der Waals surface area (Å²) in [5.74, 6) is -0.334. The number of hydrogen-bond donors (Lipinski definition) is 3. The van der Waals surface area contributed by atoms with Crippen LogP contribution in [0.3, 0.4) is 0 Å². The Labute approximate surface area is 120 Å². The van der Waals surface area contributed by atoms with Gasteiger partial charge in [0.1, 0.15) is 0 Å². The second-order valence-corrected chi connectivity index (χ2v) is 4.32. The Hall–Kier alpha value is -3.22. The predicted octanol–water partition coefficient (Wildman–Crippen LogP) is 1.70. The van der Waals surface area contributed by atoms with E-state index in [1.54, 1.807) is 12.4 Å².